The van der Waals surface area contributed by atoms with E-state index >= 15 is 0 Å². The summed E-state index contributed by atoms with van der Waals surface area (Å²) in [6.07, 6.45) is 1.67. The van der Waals surface area contributed by atoms with Gasteiger partial charge in [0.2, 0.25) is 0 Å². The molecule has 1 aliphatic carbocycles. The van der Waals surface area contributed by atoms with Crippen LogP contribution < -0.4 is 16.1 Å². The van der Waals surface area contributed by atoms with Gasteiger partial charge in [0.1, 0.15) is 17.1 Å². The van der Waals surface area contributed by atoms with Crippen LogP contribution in [0.5, 0.6) is 5.75 Å². The van der Waals surface area contributed by atoms with Gasteiger partial charge in [0.05, 0.1) is 11.3 Å². The van der Waals surface area contributed by atoms with E-state index in [9.17, 15) is 24.6 Å². The molecule has 1 amide bonds. The molecular formula is C27H23N3O6. The second-order valence-electron chi connectivity index (χ2n) is 8.03. The van der Waals surface area contributed by atoms with Crippen molar-refractivity contribution >= 4 is 29.6 Å². The molecule has 2 aliphatic rings. The van der Waals surface area contributed by atoms with Crippen LogP contribution in [0.2, 0.25) is 0 Å². The Morgan fingerprint density at radius 3 is 2.58 bits per heavy atom. The lowest BCUT2D eigenvalue weighted by Gasteiger charge is -2.17. The van der Waals surface area contributed by atoms with Gasteiger partial charge < -0.3 is 25.3 Å². The number of amides is 1. The molecule has 0 aromatic heterocycles. The van der Waals surface area contributed by atoms with Crippen molar-refractivity contribution < 1.29 is 24.2 Å². The van der Waals surface area contributed by atoms with Crippen LogP contribution in [0.3, 0.4) is 0 Å². The number of carboxylic acid groups (broad SMARTS) is 1. The van der Waals surface area contributed by atoms with E-state index in [0.29, 0.717) is 40.9 Å². The third kappa shape index (κ3) is 4.95. The van der Waals surface area contributed by atoms with Crippen molar-refractivity contribution in [1.82, 2.24) is 10.6 Å². The van der Waals surface area contributed by atoms with Crippen LogP contribution in [0.4, 0.5) is 0 Å². The summed E-state index contributed by atoms with van der Waals surface area (Å²) >= 11 is 0. The van der Waals surface area contributed by atoms with Gasteiger partial charge in [-0.15, -0.1) is 0 Å². The fraction of sp³-hybridized carbons (Fsp3) is 0.111. The number of phenols is 1. The predicted octanol–water partition coefficient (Wildman–Crippen LogP) is 3.85. The number of carboxylic acids is 1. The molecular weight excluding hydrogens is 462 g/mol. The number of nitrogens with zero attached hydrogens (tertiary/aromatic N) is 1. The predicted molar refractivity (Wildman–Crippen MR) is 137 cm³/mol. The van der Waals surface area contributed by atoms with Gasteiger partial charge in [0, 0.05) is 53.5 Å². The van der Waals surface area contributed by atoms with Crippen molar-refractivity contribution in [2.75, 3.05) is 13.1 Å². The maximum atomic E-state index is 12.7. The topological polar surface area (TPSA) is 141 Å². The molecule has 0 saturated carbocycles. The Balaban J connectivity index is 1.75. The molecule has 0 unspecified atom stereocenters. The highest BCUT2D eigenvalue weighted by atomic mass is 16.4. The second-order valence-corrected chi connectivity index (χ2v) is 8.03. The molecule has 0 bridgehead atoms. The number of nitrogens with one attached hydrogen (secondary N) is 2. The van der Waals surface area contributed by atoms with Gasteiger partial charge in [0.25, 0.3) is 5.91 Å². The number of rotatable bonds is 8. The number of carbonyl (C=O) groups excluding carboxylic acids is 1. The largest absolute Gasteiger partial charge is 0.508 e. The number of aliphatic imine (C=N–C) groups is 1. The normalized spacial score (nSPS) is 11.4. The van der Waals surface area contributed by atoms with E-state index in [1.165, 1.54) is 30.3 Å². The Morgan fingerprint density at radius 1 is 1.06 bits per heavy atom. The van der Waals surface area contributed by atoms with Crippen molar-refractivity contribution in [1.29, 1.82) is 0 Å². The van der Waals surface area contributed by atoms with Crippen LogP contribution in [-0.4, -0.2) is 41.9 Å². The van der Waals surface area contributed by atoms with Crippen molar-refractivity contribution in [3.63, 3.8) is 0 Å². The first-order chi connectivity index (χ1) is 17.3. The van der Waals surface area contributed by atoms with Crippen molar-refractivity contribution in [2.45, 2.75) is 6.92 Å². The number of fused-ring (bicyclic) bond motifs is 2. The summed E-state index contributed by atoms with van der Waals surface area (Å²) in [5.74, 6) is -1.44. The minimum atomic E-state index is -1.22. The monoisotopic (exact) mass is 485 g/mol. The average molecular weight is 485 g/mol. The van der Waals surface area contributed by atoms with Gasteiger partial charge in [-0.1, -0.05) is 6.07 Å². The Hall–Kier alpha value is -4.92. The highest BCUT2D eigenvalue weighted by Gasteiger charge is 2.23. The van der Waals surface area contributed by atoms with Gasteiger partial charge in [-0.05, 0) is 55.6 Å². The molecule has 0 saturated heterocycles. The number of hydrogen-bond acceptors (Lipinski definition) is 7. The quantitative estimate of drug-likeness (QED) is 0.169. The van der Waals surface area contributed by atoms with Crippen LogP contribution in [0, 0.1) is 0 Å². The smallest absolute Gasteiger partial charge is 0.336 e. The minimum Gasteiger partial charge on any atom is -0.508 e. The molecule has 2 aromatic carbocycles. The van der Waals surface area contributed by atoms with Gasteiger partial charge >= 0.3 is 5.97 Å². The summed E-state index contributed by atoms with van der Waals surface area (Å²) < 4.78 is 5.83. The molecule has 0 fully saturated rings. The number of carbonyl (C=O) groups is 2. The molecule has 182 valence electrons. The van der Waals surface area contributed by atoms with Crippen molar-refractivity contribution in [2.24, 2.45) is 4.99 Å². The summed E-state index contributed by atoms with van der Waals surface area (Å²) in [6.45, 7) is 5.95. The van der Waals surface area contributed by atoms with Crippen LogP contribution in [0.1, 0.15) is 27.6 Å². The summed E-state index contributed by atoms with van der Waals surface area (Å²) in [6, 6.07) is 13.1. The Kier molecular flexibility index (Phi) is 6.82. The number of phenolic OH excluding ortho intramolecular Hbond substituents is 1. The lowest BCUT2D eigenvalue weighted by Crippen LogP contribution is -2.30. The zero-order valence-corrected chi connectivity index (χ0v) is 19.4. The highest BCUT2D eigenvalue weighted by molar-refractivity contribution is 6.09. The molecule has 36 heavy (non-hydrogen) atoms. The van der Waals surface area contributed by atoms with E-state index in [-0.39, 0.29) is 33.6 Å². The SMILES string of the molecule is C=N/C(C)=C\NCCNC(=O)c1ccc(-c2c3ccc(=O)cc-3oc3cc(O)ccc23)c(C(=O)O)c1. The third-order valence-corrected chi connectivity index (χ3v) is 5.57. The third-order valence-electron chi connectivity index (χ3n) is 5.57. The van der Waals surface area contributed by atoms with E-state index < -0.39 is 11.9 Å². The lowest BCUT2D eigenvalue weighted by molar-refractivity contribution is 0.0697. The summed E-state index contributed by atoms with van der Waals surface area (Å²) in [5.41, 5.74) is 2.18. The van der Waals surface area contributed by atoms with Crippen LogP contribution in [-0.2, 0) is 0 Å². The Morgan fingerprint density at radius 2 is 1.83 bits per heavy atom. The molecule has 0 spiro atoms. The number of allylic oxidation sites excluding steroid dienone is 1. The molecule has 1 heterocycles. The van der Waals surface area contributed by atoms with E-state index in [0.717, 1.165) is 0 Å². The van der Waals surface area contributed by atoms with Crippen LogP contribution in [0.15, 0.2) is 80.7 Å². The fourth-order valence-corrected chi connectivity index (χ4v) is 3.85. The average Bonchev–Trinajstić information content (AvgIpc) is 2.86. The van der Waals surface area contributed by atoms with Gasteiger partial charge in [-0.25, -0.2) is 4.79 Å². The standard InChI is InChI=1S/C27H23N3O6/c1-15(28-2)14-29-9-10-30-26(33)16-3-6-19(22(11-16)27(34)35)25-20-7-4-17(31)12-23(20)36-24-13-18(32)5-8-21(24)25/h3-8,11-14,29,31H,2,9-10H2,1H3,(H,30,33)(H,34,35)/b15-14-. The van der Waals surface area contributed by atoms with Crippen LogP contribution in [0.25, 0.3) is 33.4 Å². The highest BCUT2D eigenvalue weighted by Crippen LogP contribution is 2.42. The first kappa shape index (κ1) is 24.2. The molecule has 1 aliphatic heterocycles. The minimum absolute atomic E-state index is 0.0406. The maximum absolute atomic E-state index is 12.7. The Bertz CT molecular complexity index is 1550. The van der Waals surface area contributed by atoms with E-state index in [4.69, 9.17) is 4.42 Å². The summed E-state index contributed by atoms with van der Waals surface area (Å²) in [5, 5.41) is 26.2. The summed E-state index contributed by atoms with van der Waals surface area (Å²) in [7, 11) is 0. The van der Waals surface area contributed by atoms with Gasteiger partial charge in [-0.2, -0.15) is 0 Å². The number of aromatic hydroxyl groups is 1. The Labute approximate surface area is 205 Å². The number of benzene rings is 3. The molecule has 4 N–H and O–H groups in total. The van der Waals surface area contributed by atoms with E-state index in [2.05, 4.69) is 22.3 Å². The van der Waals surface area contributed by atoms with Crippen LogP contribution >= 0.6 is 0 Å². The molecule has 9 nitrogen and oxygen atoms in total. The zero-order valence-electron chi connectivity index (χ0n) is 19.4. The van der Waals surface area contributed by atoms with Gasteiger partial charge in [-0.3, -0.25) is 14.6 Å². The number of hydrogen-bond donors (Lipinski definition) is 4. The second kappa shape index (κ2) is 10.1. The number of aromatic carboxylic acids is 1. The lowest BCUT2D eigenvalue weighted by atomic mass is 9.90. The molecule has 0 radical (unpaired) electrons. The molecule has 2 aromatic rings. The fourth-order valence-electron chi connectivity index (χ4n) is 3.85. The van der Waals surface area contributed by atoms with Crippen molar-refractivity contribution in [3.8, 4) is 28.2 Å². The van der Waals surface area contributed by atoms with Gasteiger partial charge in [0.15, 0.2) is 5.43 Å². The van der Waals surface area contributed by atoms with Crippen molar-refractivity contribution in [3.05, 3.63) is 87.8 Å². The van der Waals surface area contributed by atoms with E-state index in [1.54, 1.807) is 37.4 Å². The molecule has 9 heteroatoms. The first-order valence-corrected chi connectivity index (χ1v) is 11.0. The molecule has 4 rings (SSSR count). The maximum Gasteiger partial charge on any atom is 0.336 e. The van der Waals surface area contributed by atoms with E-state index in [1.807, 2.05) is 0 Å². The first-order valence-electron chi connectivity index (χ1n) is 11.0. The summed E-state index contributed by atoms with van der Waals surface area (Å²) in [4.78, 5) is 40.6. The molecule has 0 atom stereocenters. The zero-order chi connectivity index (χ0) is 25.8.